The minimum absolute atomic E-state index is 0.0152. The lowest BCUT2D eigenvalue weighted by Crippen LogP contribution is -2.54. The third-order valence-corrected chi connectivity index (χ3v) is 3.48. The third kappa shape index (κ3) is 2.36. The molecule has 1 N–H and O–H groups in total. The van der Waals surface area contributed by atoms with Crippen molar-refractivity contribution < 1.29 is 9.84 Å². The minimum Gasteiger partial charge on any atom is -0.394 e. The number of hydrogen-bond donors (Lipinski definition) is 1. The summed E-state index contributed by atoms with van der Waals surface area (Å²) in [5, 5.41) is 13.8. The molecule has 0 saturated carbocycles. The molecule has 108 valence electrons. The van der Waals surface area contributed by atoms with Crippen molar-refractivity contribution in [1.29, 1.82) is 0 Å². The van der Waals surface area contributed by atoms with Crippen LogP contribution in [0.2, 0.25) is 0 Å². The normalized spacial score (nSPS) is 22.4. The van der Waals surface area contributed by atoms with Gasteiger partial charge in [-0.3, -0.25) is 0 Å². The fourth-order valence-corrected chi connectivity index (χ4v) is 2.83. The molecule has 3 heterocycles. The second-order valence-corrected chi connectivity index (χ2v) is 5.93. The van der Waals surface area contributed by atoms with E-state index >= 15 is 0 Å². The van der Waals surface area contributed by atoms with Crippen molar-refractivity contribution in [3.63, 3.8) is 0 Å². The molecular formula is C14H20N4O2. The van der Waals surface area contributed by atoms with Crippen LogP contribution in [0.15, 0.2) is 18.5 Å². The van der Waals surface area contributed by atoms with Gasteiger partial charge in [0.2, 0.25) is 0 Å². The first-order valence-corrected chi connectivity index (χ1v) is 6.83. The van der Waals surface area contributed by atoms with Gasteiger partial charge in [0, 0.05) is 25.5 Å². The van der Waals surface area contributed by atoms with Crippen molar-refractivity contribution in [1.82, 2.24) is 14.6 Å². The van der Waals surface area contributed by atoms with Crippen molar-refractivity contribution >= 4 is 11.3 Å². The van der Waals surface area contributed by atoms with Crippen LogP contribution < -0.4 is 4.90 Å². The summed E-state index contributed by atoms with van der Waals surface area (Å²) in [7, 11) is 0. The molecular weight excluding hydrogens is 256 g/mol. The van der Waals surface area contributed by atoms with Gasteiger partial charge in [-0.05, 0) is 26.8 Å². The van der Waals surface area contributed by atoms with Crippen LogP contribution in [-0.4, -0.2) is 51.1 Å². The molecule has 2 aromatic rings. The molecule has 0 bridgehead atoms. The summed E-state index contributed by atoms with van der Waals surface area (Å²) < 4.78 is 7.69. The average molecular weight is 276 g/mol. The summed E-state index contributed by atoms with van der Waals surface area (Å²) in [6.07, 6.45) is 3.41. The Hall–Kier alpha value is -1.66. The molecule has 6 nitrogen and oxygen atoms in total. The molecule has 0 aliphatic carbocycles. The van der Waals surface area contributed by atoms with E-state index in [1.165, 1.54) is 0 Å². The molecule has 1 atom stereocenters. The van der Waals surface area contributed by atoms with Crippen molar-refractivity contribution in [2.75, 3.05) is 24.6 Å². The zero-order valence-corrected chi connectivity index (χ0v) is 12.1. The van der Waals surface area contributed by atoms with Crippen molar-refractivity contribution in [2.24, 2.45) is 0 Å². The number of rotatable bonds is 2. The van der Waals surface area contributed by atoms with E-state index in [9.17, 15) is 5.11 Å². The maximum Gasteiger partial charge on any atom is 0.154 e. The van der Waals surface area contributed by atoms with Crippen LogP contribution in [-0.2, 0) is 4.74 Å². The highest BCUT2D eigenvalue weighted by Gasteiger charge is 2.34. The number of aliphatic hydroxyl groups excluding tert-OH is 1. The SMILES string of the molecule is Cc1cc2c(N3CC(CO)OC(C)(C)C3)nccn2n1. The monoisotopic (exact) mass is 276 g/mol. The number of hydrogen-bond acceptors (Lipinski definition) is 5. The number of anilines is 1. The molecule has 1 aliphatic rings. The van der Waals surface area contributed by atoms with Gasteiger partial charge in [-0.1, -0.05) is 0 Å². The third-order valence-electron chi connectivity index (χ3n) is 3.48. The van der Waals surface area contributed by atoms with Gasteiger partial charge in [0.25, 0.3) is 0 Å². The Morgan fingerprint density at radius 1 is 1.50 bits per heavy atom. The van der Waals surface area contributed by atoms with Crippen LogP contribution in [0.1, 0.15) is 19.5 Å². The molecule has 1 fully saturated rings. The Labute approximate surface area is 118 Å². The summed E-state index contributed by atoms with van der Waals surface area (Å²) in [4.78, 5) is 6.67. The smallest absolute Gasteiger partial charge is 0.154 e. The van der Waals surface area contributed by atoms with Crippen LogP contribution in [0.4, 0.5) is 5.82 Å². The molecule has 1 aliphatic heterocycles. The van der Waals surface area contributed by atoms with Crippen LogP contribution >= 0.6 is 0 Å². The number of nitrogens with zero attached hydrogens (tertiary/aromatic N) is 4. The van der Waals surface area contributed by atoms with E-state index in [4.69, 9.17) is 4.74 Å². The van der Waals surface area contributed by atoms with E-state index in [0.29, 0.717) is 6.54 Å². The first-order chi connectivity index (χ1) is 9.48. The highest BCUT2D eigenvalue weighted by molar-refractivity contribution is 5.69. The quantitative estimate of drug-likeness (QED) is 0.887. The molecule has 3 rings (SSSR count). The second kappa shape index (κ2) is 4.71. The maximum absolute atomic E-state index is 9.42. The van der Waals surface area contributed by atoms with Gasteiger partial charge in [-0.2, -0.15) is 5.10 Å². The van der Waals surface area contributed by atoms with Crippen LogP contribution in [0.3, 0.4) is 0 Å². The van der Waals surface area contributed by atoms with Gasteiger partial charge in [-0.25, -0.2) is 9.50 Å². The lowest BCUT2D eigenvalue weighted by molar-refractivity contribution is -0.101. The Bertz CT molecular complexity index is 623. The minimum atomic E-state index is -0.310. The first-order valence-electron chi connectivity index (χ1n) is 6.83. The summed E-state index contributed by atoms with van der Waals surface area (Å²) in [6.45, 7) is 7.42. The summed E-state index contributed by atoms with van der Waals surface area (Å²) in [6, 6.07) is 2.03. The Kier molecular flexibility index (Phi) is 3.14. The maximum atomic E-state index is 9.42. The van der Waals surface area contributed by atoms with Crippen molar-refractivity contribution in [3.05, 3.63) is 24.2 Å². The summed E-state index contributed by atoms with van der Waals surface area (Å²) in [5.74, 6) is 0.892. The van der Waals surface area contributed by atoms with Gasteiger partial charge in [0.1, 0.15) is 5.52 Å². The molecule has 0 aromatic carbocycles. The molecule has 0 amide bonds. The standard InChI is InChI=1S/C14H20N4O2/c1-10-6-12-13(15-4-5-18(12)16-10)17-7-11(8-19)20-14(2,3)9-17/h4-6,11,19H,7-9H2,1-3H3. The van der Waals surface area contributed by atoms with Gasteiger partial charge >= 0.3 is 0 Å². The number of fused-ring (bicyclic) bond motifs is 1. The number of ether oxygens (including phenoxy) is 1. The zero-order valence-electron chi connectivity index (χ0n) is 12.1. The van der Waals surface area contributed by atoms with Crippen LogP contribution in [0, 0.1) is 6.92 Å². The summed E-state index contributed by atoms with van der Waals surface area (Å²) >= 11 is 0. The fraction of sp³-hybridized carbons (Fsp3) is 0.571. The fourth-order valence-electron chi connectivity index (χ4n) is 2.83. The predicted octanol–water partition coefficient (Wildman–Crippen LogP) is 1.01. The van der Waals surface area contributed by atoms with Crippen LogP contribution in [0.25, 0.3) is 5.52 Å². The molecule has 1 unspecified atom stereocenters. The Balaban J connectivity index is 2.01. The second-order valence-electron chi connectivity index (χ2n) is 5.93. The van der Waals surface area contributed by atoms with E-state index in [-0.39, 0.29) is 18.3 Å². The van der Waals surface area contributed by atoms with E-state index in [1.54, 1.807) is 6.20 Å². The topological polar surface area (TPSA) is 62.9 Å². The largest absolute Gasteiger partial charge is 0.394 e. The molecule has 6 heteroatoms. The first kappa shape index (κ1) is 13.3. The highest BCUT2D eigenvalue weighted by atomic mass is 16.5. The predicted molar refractivity (Wildman–Crippen MR) is 76.0 cm³/mol. The van der Waals surface area contributed by atoms with Gasteiger partial charge in [0.05, 0.1) is 24.0 Å². The highest BCUT2D eigenvalue weighted by Crippen LogP contribution is 2.27. The molecule has 2 aromatic heterocycles. The molecule has 0 radical (unpaired) electrons. The van der Waals surface area contributed by atoms with Gasteiger partial charge in [-0.15, -0.1) is 0 Å². The van der Waals surface area contributed by atoms with E-state index in [0.717, 1.165) is 23.6 Å². The van der Waals surface area contributed by atoms with Crippen LogP contribution in [0.5, 0.6) is 0 Å². The Morgan fingerprint density at radius 2 is 2.30 bits per heavy atom. The molecule has 1 saturated heterocycles. The zero-order chi connectivity index (χ0) is 14.3. The molecule has 20 heavy (non-hydrogen) atoms. The number of aromatic nitrogens is 3. The van der Waals surface area contributed by atoms with E-state index in [2.05, 4.69) is 15.0 Å². The van der Waals surface area contributed by atoms with Crippen molar-refractivity contribution in [2.45, 2.75) is 32.5 Å². The average Bonchev–Trinajstić information content (AvgIpc) is 2.76. The van der Waals surface area contributed by atoms with Gasteiger partial charge < -0.3 is 14.7 Å². The van der Waals surface area contributed by atoms with E-state index in [1.807, 2.05) is 37.5 Å². The summed E-state index contributed by atoms with van der Waals surface area (Å²) in [5.41, 5.74) is 1.64. The lowest BCUT2D eigenvalue weighted by atomic mass is 10.1. The lowest BCUT2D eigenvalue weighted by Gasteiger charge is -2.42. The van der Waals surface area contributed by atoms with E-state index < -0.39 is 0 Å². The number of morpholine rings is 1. The Morgan fingerprint density at radius 3 is 3.05 bits per heavy atom. The number of aliphatic hydroxyl groups is 1. The number of aryl methyl sites for hydroxylation is 1. The van der Waals surface area contributed by atoms with Crippen molar-refractivity contribution in [3.8, 4) is 0 Å². The molecule has 0 spiro atoms. The van der Waals surface area contributed by atoms with Gasteiger partial charge in [0.15, 0.2) is 5.82 Å².